The number of ether oxygens (including phenoxy) is 5. The van der Waals surface area contributed by atoms with E-state index in [2.05, 4.69) is 19.9 Å². The second kappa shape index (κ2) is 9.11. The lowest BCUT2D eigenvalue weighted by atomic mass is 9.51. The molecule has 8 atom stereocenters. The van der Waals surface area contributed by atoms with E-state index in [0.29, 0.717) is 19.4 Å². The summed E-state index contributed by atoms with van der Waals surface area (Å²) in [5, 5.41) is 10.6. The van der Waals surface area contributed by atoms with Crippen molar-refractivity contribution in [2.75, 3.05) is 19.8 Å². The van der Waals surface area contributed by atoms with Crippen LogP contribution in [0.2, 0.25) is 0 Å². The zero-order chi connectivity index (χ0) is 25.7. The highest BCUT2D eigenvalue weighted by Gasteiger charge is 2.83. The van der Waals surface area contributed by atoms with Crippen LogP contribution in [0.15, 0.2) is 36.0 Å². The van der Waals surface area contributed by atoms with Crippen molar-refractivity contribution in [2.45, 2.75) is 76.5 Å². The first-order chi connectivity index (χ1) is 17.1. The Kier molecular flexibility index (Phi) is 6.37. The van der Waals surface area contributed by atoms with Gasteiger partial charge in [-0.3, -0.25) is 0 Å². The maximum atomic E-state index is 12.9. The highest BCUT2D eigenvalue weighted by Crippen LogP contribution is 2.72. The largest absolute Gasteiger partial charge is 0.463 e. The summed E-state index contributed by atoms with van der Waals surface area (Å²) >= 11 is 0. The Morgan fingerprint density at radius 3 is 2.47 bits per heavy atom. The summed E-state index contributed by atoms with van der Waals surface area (Å²) in [5.41, 5.74) is -0.820. The molecule has 5 aliphatic rings. The van der Waals surface area contributed by atoms with Gasteiger partial charge in [0.2, 0.25) is 0 Å². The molecule has 0 aromatic rings. The fourth-order valence-electron chi connectivity index (χ4n) is 6.65. The van der Waals surface area contributed by atoms with Crippen LogP contribution in [0.4, 0.5) is 0 Å². The van der Waals surface area contributed by atoms with Crippen molar-refractivity contribution in [3.8, 4) is 0 Å². The van der Waals surface area contributed by atoms with Gasteiger partial charge in [-0.05, 0) is 32.1 Å². The number of allylic oxidation sites excluding steroid dienone is 3. The number of carbonyl (C=O) groups excluding carboxylic acids is 3. The molecule has 1 saturated carbocycles. The number of hydrogen-bond acceptors (Lipinski definition) is 9. The molecule has 0 unspecified atom stereocenters. The van der Waals surface area contributed by atoms with Crippen LogP contribution in [0.3, 0.4) is 0 Å². The molecule has 2 aliphatic carbocycles. The van der Waals surface area contributed by atoms with E-state index in [4.69, 9.17) is 23.7 Å². The zero-order valence-corrected chi connectivity index (χ0v) is 20.9. The number of epoxide rings is 1. The van der Waals surface area contributed by atoms with Crippen molar-refractivity contribution in [3.05, 3.63) is 36.0 Å². The van der Waals surface area contributed by atoms with Crippen LogP contribution >= 0.6 is 0 Å². The average molecular weight is 503 g/mol. The summed E-state index contributed by atoms with van der Waals surface area (Å²) in [7, 11) is 0. The third kappa shape index (κ3) is 3.83. The molecule has 2 saturated heterocycles. The van der Waals surface area contributed by atoms with E-state index in [-0.39, 0.29) is 31.8 Å². The van der Waals surface area contributed by atoms with Gasteiger partial charge in [-0.15, -0.1) is 0 Å². The number of aliphatic hydroxyl groups excluding tert-OH is 1. The monoisotopic (exact) mass is 502 g/mol. The molecule has 36 heavy (non-hydrogen) atoms. The molecule has 1 N–H and O–H groups in total. The molecule has 0 aromatic heterocycles. The number of carbonyl (C=O) groups is 3. The zero-order valence-electron chi connectivity index (χ0n) is 20.9. The minimum Gasteiger partial charge on any atom is -0.463 e. The topological polar surface area (TPSA) is 121 Å². The minimum absolute atomic E-state index is 0.00000344. The summed E-state index contributed by atoms with van der Waals surface area (Å²) < 4.78 is 29.6. The van der Waals surface area contributed by atoms with Gasteiger partial charge in [-0.2, -0.15) is 0 Å². The van der Waals surface area contributed by atoms with Crippen molar-refractivity contribution in [3.63, 3.8) is 0 Å². The van der Waals surface area contributed by atoms with Crippen LogP contribution in [-0.4, -0.2) is 72.9 Å². The van der Waals surface area contributed by atoms with Crippen molar-refractivity contribution in [1.29, 1.82) is 0 Å². The van der Waals surface area contributed by atoms with Gasteiger partial charge in [0, 0.05) is 24.0 Å². The second-order valence-electron chi connectivity index (χ2n) is 11.0. The van der Waals surface area contributed by atoms with Crippen LogP contribution in [-0.2, 0) is 38.1 Å². The molecule has 0 radical (unpaired) electrons. The molecular formula is C27H34O9. The summed E-state index contributed by atoms with van der Waals surface area (Å²) in [6.07, 6.45) is 7.11. The highest BCUT2D eigenvalue weighted by molar-refractivity contribution is 5.84. The normalized spacial score (nSPS) is 46.8. The fourth-order valence-corrected chi connectivity index (χ4v) is 6.65. The molecule has 3 aliphatic heterocycles. The predicted molar refractivity (Wildman–Crippen MR) is 125 cm³/mol. The number of cyclic esters (lactones) is 2. The summed E-state index contributed by atoms with van der Waals surface area (Å²) in [5.74, 6) is -2.34. The van der Waals surface area contributed by atoms with Gasteiger partial charge in [0.1, 0.15) is 18.3 Å². The summed E-state index contributed by atoms with van der Waals surface area (Å²) in [4.78, 5) is 37.6. The Balaban J connectivity index is 1.52. The van der Waals surface area contributed by atoms with Crippen LogP contribution in [0.5, 0.6) is 0 Å². The van der Waals surface area contributed by atoms with Crippen molar-refractivity contribution >= 4 is 17.9 Å². The second-order valence-corrected chi connectivity index (χ2v) is 11.0. The number of aliphatic hydroxyl groups is 1. The molecule has 9 nitrogen and oxygen atoms in total. The lowest BCUT2D eigenvalue weighted by Crippen LogP contribution is -2.66. The molecular weight excluding hydrogens is 468 g/mol. The van der Waals surface area contributed by atoms with Crippen molar-refractivity contribution in [1.82, 2.24) is 0 Å². The average Bonchev–Trinajstić information content (AvgIpc) is 3.62. The Morgan fingerprint density at radius 1 is 1.03 bits per heavy atom. The molecule has 9 heteroatoms. The Morgan fingerprint density at radius 2 is 1.75 bits per heavy atom. The first-order valence-electron chi connectivity index (χ1n) is 12.7. The minimum atomic E-state index is -1.37. The van der Waals surface area contributed by atoms with Gasteiger partial charge in [0.15, 0.2) is 6.10 Å². The van der Waals surface area contributed by atoms with Gasteiger partial charge in [-0.1, -0.05) is 37.6 Å². The van der Waals surface area contributed by atoms with Crippen molar-refractivity contribution in [2.24, 2.45) is 16.7 Å². The predicted octanol–water partition coefficient (Wildman–Crippen LogP) is 2.17. The Bertz CT molecular complexity index is 1020. The molecule has 2 bridgehead atoms. The maximum Gasteiger partial charge on any atom is 0.335 e. The molecule has 3 fully saturated rings. The fraction of sp³-hybridized carbons (Fsp3) is 0.667. The van der Waals surface area contributed by atoms with Crippen molar-refractivity contribution < 1.29 is 43.2 Å². The van der Waals surface area contributed by atoms with Gasteiger partial charge >= 0.3 is 17.9 Å². The first-order valence-corrected chi connectivity index (χ1v) is 12.7. The van der Waals surface area contributed by atoms with E-state index >= 15 is 0 Å². The molecule has 0 aromatic carbocycles. The van der Waals surface area contributed by atoms with E-state index in [9.17, 15) is 19.5 Å². The van der Waals surface area contributed by atoms with E-state index in [0.717, 1.165) is 6.42 Å². The van der Waals surface area contributed by atoms with E-state index < -0.39 is 52.5 Å². The van der Waals surface area contributed by atoms with Crippen LogP contribution in [0.25, 0.3) is 0 Å². The lowest BCUT2D eigenvalue weighted by molar-refractivity contribution is -0.234. The Hall–Kier alpha value is -2.49. The maximum absolute atomic E-state index is 12.9. The number of esters is 3. The SMILES string of the molecule is CC1=C[C@@H]2O[C@@H]3C[C@H]4OC(=O)/C=C/C=C\C(=O)OCC[C@@H](C)[C@@H](O)C(=O)OC[C@]2(CC1)[C@@]4(C)[C@@]31CO1. The van der Waals surface area contributed by atoms with Gasteiger partial charge < -0.3 is 28.8 Å². The third-order valence-corrected chi connectivity index (χ3v) is 9.12. The number of rotatable bonds is 0. The van der Waals surface area contributed by atoms with E-state index in [1.807, 2.05) is 0 Å². The molecule has 0 amide bonds. The highest BCUT2D eigenvalue weighted by atomic mass is 16.6. The van der Waals surface area contributed by atoms with E-state index in [1.165, 1.54) is 29.9 Å². The van der Waals surface area contributed by atoms with Crippen LogP contribution in [0, 0.1) is 16.7 Å². The van der Waals surface area contributed by atoms with Gasteiger partial charge in [-0.25, -0.2) is 14.4 Å². The third-order valence-electron chi connectivity index (χ3n) is 9.12. The summed E-state index contributed by atoms with van der Waals surface area (Å²) in [6, 6.07) is 0. The van der Waals surface area contributed by atoms with Crippen LogP contribution < -0.4 is 0 Å². The smallest absolute Gasteiger partial charge is 0.335 e. The lowest BCUT2D eigenvalue weighted by Gasteiger charge is -2.58. The molecule has 196 valence electrons. The number of hydrogen-bond donors (Lipinski definition) is 1. The van der Waals surface area contributed by atoms with Gasteiger partial charge in [0.25, 0.3) is 0 Å². The van der Waals surface area contributed by atoms with Crippen LogP contribution in [0.1, 0.15) is 46.5 Å². The quantitative estimate of drug-likeness (QED) is 0.230. The first kappa shape index (κ1) is 25.2. The Labute approximate surface area is 210 Å². The summed E-state index contributed by atoms with van der Waals surface area (Å²) in [6.45, 7) is 6.34. The van der Waals surface area contributed by atoms with E-state index in [1.54, 1.807) is 6.92 Å². The standard InChI is InChI=1S/C27H34O9/c1-16-8-10-26-14-33-24(31)23(30)17(2)9-11-32-21(28)6-4-5-7-22(29)36-18-13-20(35-19(26)12-16)27(15-34-27)25(18,26)3/h4-7,12,17-20,23,30H,8-11,13-15H2,1-3H3/b6-4-,7-5+/t17-,18-,19+,20-,23-,25+,26+,27-/m1/s1. The molecule has 3 heterocycles. The molecule has 2 spiro atoms. The molecule has 5 rings (SSSR count). The van der Waals surface area contributed by atoms with Gasteiger partial charge in [0.05, 0.1) is 30.8 Å².